The van der Waals surface area contributed by atoms with Gasteiger partial charge in [-0.2, -0.15) is 0 Å². The molecule has 0 aliphatic rings. The average Bonchev–Trinajstić information content (AvgIpc) is 2.03. The van der Waals surface area contributed by atoms with E-state index in [1.54, 1.807) is 0 Å². The van der Waals surface area contributed by atoms with Crippen LogP contribution in [0.4, 0.5) is 0 Å². The number of hydrogen-bond acceptors (Lipinski definition) is 5. The van der Waals surface area contributed by atoms with Crippen molar-refractivity contribution in [3.63, 3.8) is 0 Å². The molecule has 7 nitrogen and oxygen atoms in total. The van der Waals surface area contributed by atoms with E-state index in [0.29, 0.717) is 0 Å². The van der Waals surface area contributed by atoms with Crippen molar-refractivity contribution in [2.24, 2.45) is 11.5 Å². The molecule has 1 atom stereocenters. The molecule has 7 heteroatoms. The average molecular weight is 174 g/mol. The Morgan fingerprint density at radius 2 is 1.83 bits per heavy atom. The summed E-state index contributed by atoms with van der Waals surface area (Å²) in [4.78, 5) is 20.1. The number of primary amides is 1. The van der Waals surface area contributed by atoms with Crippen LogP contribution in [-0.2, 0) is 9.59 Å². The maximum Gasteiger partial charge on any atom is 0.320 e. The van der Waals surface area contributed by atoms with Crippen molar-refractivity contribution in [3.8, 4) is 0 Å². The lowest BCUT2D eigenvalue weighted by Gasteiger charge is -2.01. The number of carbonyl (C=O) groups is 2. The monoisotopic (exact) mass is 174 g/mol. The number of hydrogen-bond donors (Lipinski definition) is 3. The molecule has 0 bridgehead atoms. The highest BCUT2D eigenvalue weighted by Gasteiger charge is 2.11. The maximum atomic E-state index is 10.1. The summed E-state index contributed by atoms with van der Waals surface area (Å²) in [5.74, 6) is -1.64. The van der Waals surface area contributed by atoms with Crippen LogP contribution in [0.15, 0.2) is 0 Å². The van der Waals surface area contributed by atoms with E-state index >= 15 is 0 Å². The first-order valence-corrected chi connectivity index (χ1v) is 3.00. The van der Waals surface area contributed by atoms with Gasteiger partial charge in [0.1, 0.15) is 6.04 Å². The van der Waals surface area contributed by atoms with Crippen LogP contribution in [0.1, 0.15) is 12.8 Å². The van der Waals surface area contributed by atoms with Crippen LogP contribution < -0.4 is 11.5 Å². The van der Waals surface area contributed by atoms with E-state index in [1.165, 1.54) is 0 Å². The van der Waals surface area contributed by atoms with E-state index < -0.39 is 17.9 Å². The minimum absolute atomic E-state index is 0.0213. The van der Waals surface area contributed by atoms with Gasteiger partial charge < -0.3 is 16.6 Å². The lowest BCUT2D eigenvalue weighted by atomic mass is 10.2. The fourth-order valence-corrected chi connectivity index (χ4v) is 0.421. The highest BCUT2D eigenvalue weighted by Crippen LogP contribution is 1.92. The van der Waals surface area contributed by atoms with E-state index in [9.17, 15) is 9.59 Å². The molecule has 0 aromatic rings. The topological polar surface area (TPSA) is 154 Å². The summed E-state index contributed by atoms with van der Waals surface area (Å²) >= 11 is 0. The summed E-state index contributed by atoms with van der Waals surface area (Å²) < 4.78 is 0. The van der Waals surface area contributed by atoms with Crippen molar-refractivity contribution >= 4 is 11.9 Å². The zero-order valence-corrected chi connectivity index (χ0v) is 6.30. The molecule has 0 saturated carbocycles. The van der Waals surface area contributed by atoms with Gasteiger partial charge in [-0.1, -0.05) is 0 Å². The predicted octanol–water partition coefficient (Wildman–Crippen LogP) is -1.31. The zero-order chi connectivity index (χ0) is 10.1. The Hall–Kier alpha value is -1.68. The Morgan fingerprint density at radius 1 is 1.42 bits per heavy atom. The van der Waals surface area contributed by atoms with Crippen LogP contribution in [0.3, 0.4) is 0 Å². The number of rotatable bonds is 4. The Balaban J connectivity index is 0. The zero-order valence-electron chi connectivity index (χ0n) is 6.30. The Bertz CT molecular complexity index is 179. The van der Waals surface area contributed by atoms with Crippen molar-refractivity contribution in [3.05, 3.63) is 0 Å². The normalized spacial score (nSPS) is 10.6. The molecule has 1 unspecified atom stereocenters. The molecular weight excluding hydrogens is 164 g/mol. The standard InChI is InChI=1S/C5H10N2O3.N2/c6-3(5(9)10)1-2-4(7)8;1-2/h3H,1-2,6H2,(H2,7,8)(H,9,10);. The van der Waals surface area contributed by atoms with Crippen LogP contribution in [0.2, 0.25) is 0 Å². The van der Waals surface area contributed by atoms with Crippen LogP contribution in [0.25, 0.3) is 0 Å². The van der Waals surface area contributed by atoms with Crippen molar-refractivity contribution in [1.29, 1.82) is 10.8 Å². The lowest BCUT2D eigenvalue weighted by Crippen LogP contribution is -2.31. The van der Waals surface area contributed by atoms with Gasteiger partial charge in [-0.15, -0.1) is 0 Å². The maximum absolute atomic E-state index is 10.1. The highest BCUT2D eigenvalue weighted by atomic mass is 16.4. The first kappa shape index (κ1) is 12.9. The van der Waals surface area contributed by atoms with E-state index in [0.717, 1.165) is 0 Å². The van der Waals surface area contributed by atoms with Gasteiger partial charge in [0.05, 0.1) is 0 Å². The third kappa shape index (κ3) is 8.32. The van der Waals surface area contributed by atoms with E-state index in [4.69, 9.17) is 27.4 Å². The Morgan fingerprint density at radius 3 is 2.08 bits per heavy atom. The molecule has 0 aliphatic carbocycles. The number of amides is 1. The number of carboxylic acid groups (broad SMARTS) is 1. The van der Waals surface area contributed by atoms with Gasteiger partial charge in [0.15, 0.2) is 0 Å². The van der Waals surface area contributed by atoms with Gasteiger partial charge >= 0.3 is 5.97 Å². The fraction of sp³-hybridized carbons (Fsp3) is 0.600. The molecule has 0 saturated heterocycles. The van der Waals surface area contributed by atoms with Crippen molar-refractivity contribution < 1.29 is 14.7 Å². The first-order chi connectivity index (χ1) is 5.54. The summed E-state index contributed by atoms with van der Waals surface area (Å²) in [5, 5.41) is 20.2. The fourth-order valence-electron chi connectivity index (χ4n) is 0.421. The summed E-state index contributed by atoms with van der Waals surface area (Å²) in [6, 6.07) is -0.979. The molecule has 0 heterocycles. The van der Waals surface area contributed by atoms with Crippen molar-refractivity contribution in [1.82, 2.24) is 0 Å². The third-order valence-electron chi connectivity index (χ3n) is 1.02. The van der Waals surface area contributed by atoms with Crippen LogP contribution in [0.5, 0.6) is 0 Å². The van der Waals surface area contributed by atoms with Gasteiger partial charge in [0.25, 0.3) is 0 Å². The van der Waals surface area contributed by atoms with Crippen LogP contribution >= 0.6 is 0 Å². The Labute approximate surface area is 68.8 Å². The molecule has 0 spiro atoms. The molecule has 12 heavy (non-hydrogen) atoms. The second-order valence-electron chi connectivity index (χ2n) is 1.95. The van der Waals surface area contributed by atoms with Gasteiger partial charge in [0.2, 0.25) is 5.91 Å². The van der Waals surface area contributed by atoms with Crippen molar-refractivity contribution in [2.75, 3.05) is 0 Å². The van der Waals surface area contributed by atoms with Crippen LogP contribution in [0, 0.1) is 10.8 Å². The largest absolute Gasteiger partial charge is 0.480 e. The number of aliphatic carboxylic acids is 1. The van der Waals surface area contributed by atoms with Gasteiger partial charge in [-0.3, -0.25) is 9.59 Å². The van der Waals surface area contributed by atoms with Gasteiger partial charge in [-0.05, 0) is 6.42 Å². The number of carbonyl (C=O) groups excluding carboxylic acids is 1. The minimum Gasteiger partial charge on any atom is -0.480 e. The third-order valence-corrected chi connectivity index (χ3v) is 1.02. The minimum atomic E-state index is -1.11. The quantitative estimate of drug-likeness (QED) is 0.449. The summed E-state index contributed by atoms with van der Waals surface area (Å²) in [6.07, 6.45) is 0.123. The molecular formula is C5H10N4O3. The second kappa shape index (κ2) is 7.43. The Kier molecular flexibility index (Phi) is 8.02. The van der Waals surface area contributed by atoms with Gasteiger partial charge in [-0.25, -0.2) is 0 Å². The second-order valence-corrected chi connectivity index (χ2v) is 1.95. The molecule has 0 radical (unpaired) electrons. The summed E-state index contributed by atoms with van der Waals surface area (Å²) in [6.45, 7) is 0. The summed E-state index contributed by atoms with van der Waals surface area (Å²) in [5.41, 5.74) is 9.81. The molecule has 0 rings (SSSR count). The molecule has 0 fully saturated rings. The molecule has 0 aromatic carbocycles. The molecule has 5 N–H and O–H groups in total. The lowest BCUT2D eigenvalue weighted by molar-refractivity contribution is -0.138. The smallest absolute Gasteiger partial charge is 0.320 e. The number of carboxylic acids is 1. The van der Waals surface area contributed by atoms with Crippen molar-refractivity contribution in [2.45, 2.75) is 18.9 Å². The number of nitrogens with zero attached hydrogens (tertiary/aromatic N) is 2. The van der Waals surface area contributed by atoms with Gasteiger partial charge in [0, 0.05) is 17.2 Å². The van der Waals surface area contributed by atoms with E-state index in [-0.39, 0.29) is 12.8 Å². The SMILES string of the molecule is N#N.NC(=O)CCC(N)C(=O)O. The highest BCUT2D eigenvalue weighted by molar-refractivity contribution is 5.76. The predicted molar refractivity (Wildman–Crippen MR) is 37.5 cm³/mol. The molecule has 0 aliphatic heterocycles. The van der Waals surface area contributed by atoms with Crippen LogP contribution in [-0.4, -0.2) is 23.0 Å². The first-order valence-electron chi connectivity index (χ1n) is 3.00. The van der Waals surface area contributed by atoms with E-state index in [1.807, 2.05) is 0 Å². The number of nitrogens with two attached hydrogens (primary N) is 2. The summed E-state index contributed by atoms with van der Waals surface area (Å²) in [7, 11) is 0. The molecule has 0 aromatic heterocycles. The van der Waals surface area contributed by atoms with E-state index in [2.05, 4.69) is 0 Å². The molecule has 68 valence electrons. The molecule has 1 amide bonds.